The Morgan fingerprint density at radius 1 is 1.05 bits per heavy atom. The van der Waals surface area contributed by atoms with Gasteiger partial charge in [0, 0.05) is 19.1 Å². The highest BCUT2D eigenvalue weighted by atomic mass is 15.1. The molecule has 2 nitrogen and oxygen atoms in total. The van der Waals surface area contributed by atoms with E-state index in [1.807, 2.05) is 0 Å². The Labute approximate surface area is 131 Å². The summed E-state index contributed by atoms with van der Waals surface area (Å²) >= 11 is 0. The molecule has 0 aromatic heterocycles. The summed E-state index contributed by atoms with van der Waals surface area (Å²) in [7, 11) is 2.36. The van der Waals surface area contributed by atoms with Gasteiger partial charge in [-0.05, 0) is 74.2 Å². The van der Waals surface area contributed by atoms with Gasteiger partial charge in [0.2, 0.25) is 0 Å². The van der Waals surface area contributed by atoms with E-state index in [9.17, 15) is 0 Å². The maximum absolute atomic E-state index is 6.31. The lowest BCUT2D eigenvalue weighted by atomic mass is 9.61. The highest BCUT2D eigenvalue weighted by Crippen LogP contribution is 2.49. The normalized spacial score (nSPS) is 45.4. The second-order valence-corrected chi connectivity index (χ2v) is 9.20. The quantitative estimate of drug-likeness (QED) is 0.855. The molecule has 0 aromatic rings. The van der Waals surface area contributed by atoms with Crippen LogP contribution in [0.25, 0.3) is 0 Å². The fourth-order valence-corrected chi connectivity index (χ4v) is 5.72. The van der Waals surface area contributed by atoms with Crippen molar-refractivity contribution < 1.29 is 0 Å². The molecule has 122 valence electrons. The molecule has 2 N–H and O–H groups in total. The van der Waals surface area contributed by atoms with Crippen LogP contribution in [0, 0.1) is 35.0 Å². The van der Waals surface area contributed by atoms with Crippen molar-refractivity contribution in [3.63, 3.8) is 0 Å². The maximum Gasteiger partial charge on any atom is 0.00698 e. The summed E-state index contributed by atoms with van der Waals surface area (Å²) in [4.78, 5) is 2.65. The SMILES string of the molecule is CC1C(N)CCC(CN(C)CC2CC3CCC2C3)C1(C)C. The van der Waals surface area contributed by atoms with Crippen molar-refractivity contribution in [3.05, 3.63) is 0 Å². The molecule has 0 aromatic carbocycles. The fraction of sp³-hybridized carbons (Fsp3) is 1.00. The lowest BCUT2D eigenvalue weighted by Crippen LogP contribution is -2.50. The van der Waals surface area contributed by atoms with Crippen molar-refractivity contribution >= 4 is 0 Å². The minimum absolute atomic E-state index is 0.389. The van der Waals surface area contributed by atoms with Crippen molar-refractivity contribution in [2.75, 3.05) is 20.1 Å². The fourth-order valence-electron chi connectivity index (χ4n) is 5.72. The smallest absolute Gasteiger partial charge is 0.00698 e. The van der Waals surface area contributed by atoms with Gasteiger partial charge in [0.25, 0.3) is 0 Å². The van der Waals surface area contributed by atoms with Gasteiger partial charge in [-0.2, -0.15) is 0 Å². The molecule has 2 bridgehead atoms. The lowest BCUT2D eigenvalue weighted by molar-refractivity contribution is 0.0293. The summed E-state index contributed by atoms with van der Waals surface area (Å²) in [5.41, 5.74) is 6.70. The van der Waals surface area contributed by atoms with Crippen molar-refractivity contribution in [1.29, 1.82) is 0 Å². The Kier molecular flexibility index (Phi) is 4.40. The zero-order chi connectivity index (χ0) is 15.2. The van der Waals surface area contributed by atoms with Crippen LogP contribution in [0.3, 0.4) is 0 Å². The molecule has 21 heavy (non-hydrogen) atoms. The van der Waals surface area contributed by atoms with Gasteiger partial charge in [-0.3, -0.25) is 0 Å². The van der Waals surface area contributed by atoms with E-state index in [4.69, 9.17) is 5.73 Å². The van der Waals surface area contributed by atoms with Crippen molar-refractivity contribution in [2.24, 2.45) is 40.7 Å². The highest BCUT2D eigenvalue weighted by molar-refractivity contribution is 4.95. The van der Waals surface area contributed by atoms with E-state index in [0.29, 0.717) is 17.4 Å². The average Bonchev–Trinajstić information content (AvgIpc) is 3.02. The average molecular weight is 293 g/mol. The Bertz CT molecular complexity index is 365. The van der Waals surface area contributed by atoms with E-state index in [0.717, 1.165) is 23.7 Å². The van der Waals surface area contributed by atoms with E-state index < -0.39 is 0 Å². The third kappa shape index (κ3) is 3.03. The van der Waals surface area contributed by atoms with Crippen LogP contribution in [0.2, 0.25) is 0 Å². The van der Waals surface area contributed by atoms with Crippen LogP contribution in [0.4, 0.5) is 0 Å². The zero-order valence-electron chi connectivity index (χ0n) is 14.6. The molecule has 3 aliphatic carbocycles. The third-order valence-electron chi connectivity index (χ3n) is 7.68. The summed E-state index contributed by atoms with van der Waals surface area (Å²) < 4.78 is 0. The summed E-state index contributed by atoms with van der Waals surface area (Å²) in [6, 6.07) is 0.409. The Morgan fingerprint density at radius 3 is 2.43 bits per heavy atom. The molecule has 0 saturated heterocycles. The van der Waals surface area contributed by atoms with Crippen LogP contribution < -0.4 is 5.73 Å². The molecular weight excluding hydrogens is 256 g/mol. The predicted molar refractivity (Wildman–Crippen MR) is 90.1 cm³/mol. The predicted octanol–water partition coefficient (Wildman–Crippen LogP) is 3.75. The van der Waals surface area contributed by atoms with E-state index in [1.54, 1.807) is 6.42 Å². The van der Waals surface area contributed by atoms with Gasteiger partial charge in [0.05, 0.1) is 0 Å². The van der Waals surface area contributed by atoms with Crippen LogP contribution in [0.15, 0.2) is 0 Å². The topological polar surface area (TPSA) is 29.3 Å². The molecule has 0 radical (unpaired) electrons. The van der Waals surface area contributed by atoms with E-state index in [1.165, 1.54) is 45.2 Å². The first-order valence-electron chi connectivity index (χ1n) is 9.32. The van der Waals surface area contributed by atoms with Crippen LogP contribution in [-0.4, -0.2) is 31.1 Å². The number of rotatable bonds is 4. The molecule has 6 unspecified atom stereocenters. The first-order chi connectivity index (χ1) is 9.88. The Hall–Kier alpha value is -0.0800. The zero-order valence-corrected chi connectivity index (χ0v) is 14.6. The molecular formula is C19H36N2. The minimum atomic E-state index is 0.389. The van der Waals surface area contributed by atoms with Crippen LogP contribution in [0.5, 0.6) is 0 Å². The highest BCUT2D eigenvalue weighted by Gasteiger charge is 2.43. The second kappa shape index (κ2) is 5.85. The van der Waals surface area contributed by atoms with Crippen LogP contribution in [-0.2, 0) is 0 Å². The molecule has 0 spiro atoms. The van der Waals surface area contributed by atoms with Gasteiger partial charge in [-0.15, -0.1) is 0 Å². The number of nitrogens with two attached hydrogens (primary N) is 1. The third-order valence-corrected chi connectivity index (χ3v) is 7.68. The number of hydrogen-bond acceptors (Lipinski definition) is 2. The first kappa shape index (κ1) is 15.8. The van der Waals surface area contributed by atoms with Gasteiger partial charge >= 0.3 is 0 Å². The van der Waals surface area contributed by atoms with Gasteiger partial charge in [-0.25, -0.2) is 0 Å². The molecule has 0 aliphatic heterocycles. The Balaban J connectivity index is 1.53. The lowest BCUT2D eigenvalue weighted by Gasteiger charge is -2.48. The monoisotopic (exact) mass is 292 g/mol. The van der Waals surface area contributed by atoms with Gasteiger partial charge in [0.1, 0.15) is 0 Å². The second-order valence-electron chi connectivity index (χ2n) is 9.20. The van der Waals surface area contributed by atoms with Gasteiger partial charge in [0.15, 0.2) is 0 Å². The molecule has 3 saturated carbocycles. The summed E-state index contributed by atoms with van der Waals surface area (Å²) in [5, 5.41) is 0. The molecule has 3 fully saturated rings. The molecule has 0 heterocycles. The van der Waals surface area contributed by atoms with Gasteiger partial charge < -0.3 is 10.6 Å². The summed E-state index contributed by atoms with van der Waals surface area (Å²) in [5.74, 6) is 4.60. The van der Waals surface area contributed by atoms with E-state index >= 15 is 0 Å². The van der Waals surface area contributed by atoms with E-state index in [2.05, 4.69) is 32.7 Å². The largest absolute Gasteiger partial charge is 0.327 e. The number of nitrogens with zero attached hydrogens (tertiary/aromatic N) is 1. The molecule has 6 atom stereocenters. The number of hydrogen-bond donors (Lipinski definition) is 1. The molecule has 3 aliphatic rings. The van der Waals surface area contributed by atoms with Crippen molar-refractivity contribution in [2.45, 2.75) is 65.3 Å². The van der Waals surface area contributed by atoms with Gasteiger partial charge in [-0.1, -0.05) is 27.2 Å². The Morgan fingerprint density at radius 2 is 1.81 bits per heavy atom. The molecule has 2 heteroatoms. The first-order valence-corrected chi connectivity index (χ1v) is 9.32. The molecule has 3 rings (SSSR count). The molecule has 0 amide bonds. The maximum atomic E-state index is 6.31. The summed E-state index contributed by atoms with van der Waals surface area (Å²) in [6.45, 7) is 9.89. The van der Waals surface area contributed by atoms with Crippen molar-refractivity contribution in [3.8, 4) is 0 Å². The number of fused-ring (bicyclic) bond motifs is 2. The van der Waals surface area contributed by atoms with Crippen molar-refractivity contribution in [1.82, 2.24) is 4.90 Å². The minimum Gasteiger partial charge on any atom is -0.327 e. The van der Waals surface area contributed by atoms with Crippen LogP contribution in [0.1, 0.15) is 59.3 Å². The summed E-state index contributed by atoms with van der Waals surface area (Å²) in [6.07, 6.45) is 8.64. The van der Waals surface area contributed by atoms with E-state index in [-0.39, 0.29) is 0 Å². The van der Waals surface area contributed by atoms with Crippen LogP contribution >= 0.6 is 0 Å². The standard InChI is InChI=1S/C19H36N2/c1-13-18(20)8-7-17(19(13,2)3)12-21(4)11-16-10-14-5-6-15(16)9-14/h13-18H,5-12,20H2,1-4H3.